The molecule has 4 rings (SSSR count). The van der Waals surface area contributed by atoms with Crippen molar-refractivity contribution in [2.24, 2.45) is 0 Å². The number of amides is 1. The lowest BCUT2D eigenvalue weighted by Gasteiger charge is -2.24. The Balaban J connectivity index is 1.54. The Morgan fingerprint density at radius 1 is 1.09 bits per heavy atom. The van der Waals surface area contributed by atoms with Gasteiger partial charge in [-0.1, -0.05) is 41.4 Å². The standard InChI is InChI=1S/C26H22Cl2FNO4/c1-26(12-16-2-6-20(27)7-3-16)13-19-10-17(5-9-23(19)34-26)25(33)30(15-24(31)32)14-18-4-8-21(29)11-22(18)28/h2-11H,12-15H2,1H3,(H,31,32). The lowest BCUT2D eigenvalue weighted by atomic mass is 9.91. The molecule has 0 fully saturated rings. The van der Waals surface area contributed by atoms with Crippen LogP contribution in [0.25, 0.3) is 0 Å². The smallest absolute Gasteiger partial charge is 0.323 e. The molecule has 5 nitrogen and oxygen atoms in total. The predicted molar refractivity (Wildman–Crippen MR) is 128 cm³/mol. The SMILES string of the molecule is CC1(Cc2ccc(Cl)cc2)Cc2cc(C(=O)N(CC(=O)O)Cc3ccc(F)cc3Cl)ccc2O1. The summed E-state index contributed by atoms with van der Waals surface area (Å²) in [5, 5.41) is 10.1. The molecule has 34 heavy (non-hydrogen) atoms. The Morgan fingerprint density at radius 2 is 1.82 bits per heavy atom. The molecule has 3 aromatic rings. The van der Waals surface area contributed by atoms with E-state index in [0.717, 1.165) is 17.2 Å². The van der Waals surface area contributed by atoms with Gasteiger partial charge in [0.1, 0.15) is 23.7 Å². The topological polar surface area (TPSA) is 66.8 Å². The van der Waals surface area contributed by atoms with Crippen LogP contribution in [0.4, 0.5) is 4.39 Å². The molecule has 1 N–H and O–H groups in total. The highest BCUT2D eigenvalue weighted by Gasteiger charge is 2.35. The first kappa shape index (κ1) is 24.0. The lowest BCUT2D eigenvalue weighted by Crippen LogP contribution is -2.35. The fraction of sp³-hybridized carbons (Fsp3) is 0.231. The molecule has 0 saturated carbocycles. The van der Waals surface area contributed by atoms with E-state index in [9.17, 15) is 19.1 Å². The first-order chi connectivity index (χ1) is 16.1. The number of hydrogen-bond acceptors (Lipinski definition) is 3. The molecule has 1 unspecified atom stereocenters. The maximum atomic E-state index is 13.4. The van der Waals surface area contributed by atoms with Gasteiger partial charge in [0.05, 0.1) is 0 Å². The molecule has 1 aliphatic heterocycles. The first-order valence-electron chi connectivity index (χ1n) is 10.6. The molecule has 8 heteroatoms. The molecule has 176 valence electrons. The average Bonchev–Trinajstić information content (AvgIpc) is 3.10. The minimum absolute atomic E-state index is 0.0634. The molecule has 0 radical (unpaired) electrons. The Kier molecular flexibility index (Phi) is 6.82. The number of carbonyl (C=O) groups excluding carboxylic acids is 1. The summed E-state index contributed by atoms with van der Waals surface area (Å²) in [6.45, 7) is 1.43. The Bertz CT molecular complexity index is 1250. The highest BCUT2D eigenvalue weighted by Crippen LogP contribution is 2.38. The van der Waals surface area contributed by atoms with E-state index in [-0.39, 0.29) is 11.6 Å². The Morgan fingerprint density at radius 3 is 2.50 bits per heavy atom. The highest BCUT2D eigenvalue weighted by molar-refractivity contribution is 6.31. The fourth-order valence-electron chi connectivity index (χ4n) is 4.19. The van der Waals surface area contributed by atoms with E-state index >= 15 is 0 Å². The highest BCUT2D eigenvalue weighted by atomic mass is 35.5. The van der Waals surface area contributed by atoms with Crippen molar-refractivity contribution in [1.82, 2.24) is 4.90 Å². The van der Waals surface area contributed by atoms with Crippen molar-refractivity contribution in [2.45, 2.75) is 31.9 Å². The van der Waals surface area contributed by atoms with Gasteiger partial charge in [-0.15, -0.1) is 0 Å². The largest absolute Gasteiger partial charge is 0.487 e. The summed E-state index contributed by atoms with van der Waals surface area (Å²) in [4.78, 5) is 25.8. The number of carbonyl (C=O) groups is 2. The Labute approximate surface area is 206 Å². The van der Waals surface area contributed by atoms with Crippen molar-refractivity contribution in [3.05, 3.63) is 98.8 Å². The molecule has 1 aliphatic rings. The molecule has 0 bridgehead atoms. The second kappa shape index (κ2) is 9.65. The van der Waals surface area contributed by atoms with E-state index in [1.165, 1.54) is 17.0 Å². The number of fused-ring (bicyclic) bond motifs is 1. The molecule has 1 atom stereocenters. The zero-order chi connectivity index (χ0) is 24.5. The van der Waals surface area contributed by atoms with Gasteiger partial charge in [-0.2, -0.15) is 0 Å². The number of rotatable bonds is 7. The molecule has 3 aromatic carbocycles. The summed E-state index contributed by atoms with van der Waals surface area (Å²) in [5.41, 5.74) is 2.27. The van der Waals surface area contributed by atoms with E-state index in [1.54, 1.807) is 18.2 Å². The minimum Gasteiger partial charge on any atom is -0.487 e. The van der Waals surface area contributed by atoms with Gasteiger partial charge < -0.3 is 14.7 Å². The predicted octanol–water partition coefficient (Wildman–Crippen LogP) is 5.80. The maximum absolute atomic E-state index is 13.4. The van der Waals surface area contributed by atoms with Crippen molar-refractivity contribution in [3.63, 3.8) is 0 Å². The molecule has 0 spiro atoms. The number of halogens is 3. The third-order valence-corrected chi connectivity index (χ3v) is 6.31. The summed E-state index contributed by atoms with van der Waals surface area (Å²) in [7, 11) is 0. The number of nitrogens with zero attached hydrogens (tertiary/aromatic N) is 1. The van der Waals surface area contributed by atoms with Crippen LogP contribution in [0.15, 0.2) is 60.7 Å². The van der Waals surface area contributed by atoms with Crippen molar-refractivity contribution in [2.75, 3.05) is 6.54 Å². The number of ether oxygens (including phenoxy) is 1. The second-order valence-electron chi connectivity index (χ2n) is 8.65. The van der Waals surface area contributed by atoms with E-state index in [2.05, 4.69) is 0 Å². The van der Waals surface area contributed by atoms with Gasteiger partial charge in [0, 0.05) is 35.0 Å². The van der Waals surface area contributed by atoms with Gasteiger partial charge in [-0.3, -0.25) is 9.59 Å². The van der Waals surface area contributed by atoms with Crippen LogP contribution in [0, 0.1) is 5.82 Å². The molecular formula is C26H22Cl2FNO4. The molecule has 0 aliphatic carbocycles. The summed E-state index contributed by atoms with van der Waals surface area (Å²) < 4.78 is 19.6. The zero-order valence-corrected chi connectivity index (χ0v) is 19.9. The van der Waals surface area contributed by atoms with E-state index in [0.29, 0.717) is 34.7 Å². The van der Waals surface area contributed by atoms with Gasteiger partial charge in [0.2, 0.25) is 0 Å². The van der Waals surface area contributed by atoms with Gasteiger partial charge in [-0.25, -0.2) is 4.39 Å². The number of benzene rings is 3. The molecule has 0 aromatic heterocycles. The van der Waals surface area contributed by atoms with Gasteiger partial charge in [0.15, 0.2) is 0 Å². The lowest BCUT2D eigenvalue weighted by molar-refractivity contribution is -0.137. The second-order valence-corrected chi connectivity index (χ2v) is 9.49. The third kappa shape index (κ3) is 5.51. The summed E-state index contributed by atoms with van der Waals surface area (Å²) in [6, 6.07) is 16.5. The van der Waals surface area contributed by atoms with Crippen molar-refractivity contribution in [1.29, 1.82) is 0 Å². The third-order valence-electron chi connectivity index (χ3n) is 5.71. The van der Waals surface area contributed by atoms with Crippen LogP contribution >= 0.6 is 23.2 Å². The number of carboxylic acids is 1. The number of hydrogen-bond donors (Lipinski definition) is 1. The van der Waals surface area contributed by atoms with Crippen LogP contribution in [0.2, 0.25) is 10.0 Å². The summed E-state index contributed by atoms with van der Waals surface area (Å²) in [5.74, 6) is -1.44. The van der Waals surface area contributed by atoms with Crippen LogP contribution in [-0.4, -0.2) is 34.0 Å². The first-order valence-corrected chi connectivity index (χ1v) is 11.4. The number of aliphatic carboxylic acids is 1. The maximum Gasteiger partial charge on any atom is 0.323 e. The van der Waals surface area contributed by atoms with Gasteiger partial charge in [0.25, 0.3) is 5.91 Å². The quantitative estimate of drug-likeness (QED) is 0.444. The van der Waals surface area contributed by atoms with Gasteiger partial charge >= 0.3 is 5.97 Å². The normalized spacial score (nSPS) is 16.6. The molecular weight excluding hydrogens is 480 g/mol. The van der Waals surface area contributed by atoms with Crippen molar-refractivity contribution in [3.8, 4) is 5.75 Å². The Hall–Kier alpha value is -3.09. The van der Waals surface area contributed by atoms with Crippen LogP contribution in [0.3, 0.4) is 0 Å². The average molecular weight is 502 g/mol. The van der Waals surface area contributed by atoms with Crippen LogP contribution in [0.1, 0.15) is 34.0 Å². The minimum atomic E-state index is -1.16. The van der Waals surface area contributed by atoms with Gasteiger partial charge in [-0.05, 0) is 66.1 Å². The summed E-state index contributed by atoms with van der Waals surface area (Å²) in [6.07, 6.45) is 1.26. The van der Waals surface area contributed by atoms with E-state index in [1.807, 2.05) is 31.2 Å². The monoisotopic (exact) mass is 501 g/mol. The van der Waals surface area contributed by atoms with Crippen LogP contribution in [0.5, 0.6) is 5.75 Å². The molecule has 0 saturated heterocycles. The van der Waals surface area contributed by atoms with Crippen molar-refractivity contribution >= 4 is 35.1 Å². The zero-order valence-electron chi connectivity index (χ0n) is 18.4. The van der Waals surface area contributed by atoms with Crippen LogP contribution in [-0.2, 0) is 24.2 Å². The molecule has 1 heterocycles. The van der Waals surface area contributed by atoms with E-state index in [4.69, 9.17) is 27.9 Å². The van der Waals surface area contributed by atoms with E-state index < -0.39 is 29.8 Å². The van der Waals surface area contributed by atoms with Crippen LogP contribution < -0.4 is 4.74 Å². The number of carboxylic acid groups (broad SMARTS) is 1. The van der Waals surface area contributed by atoms with Crippen molar-refractivity contribution < 1.29 is 23.8 Å². The molecule has 1 amide bonds. The summed E-state index contributed by atoms with van der Waals surface area (Å²) >= 11 is 12.1. The fourth-order valence-corrected chi connectivity index (χ4v) is 4.54.